The molecule has 144 valence electrons. The fraction of sp³-hybridized carbons (Fsp3) is 0.600. The van der Waals surface area contributed by atoms with Gasteiger partial charge in [0, 0.05) is 57.7 Å². The number of ether oxygens (including phenoxy) is 1. The fourth-order valence-electron chi connectivity index (χ4n) is 3.42. The number of hydrogen-bond acceptors (Lipinski definition) is 4. The molecule has 1 saturated heterocycles. The molecule has 1 aromatic rings. The maximum absolute atomic E-state index is 12.5. The van der Waals surface area contributed by atoms with Crippen molar-refractivity contribution in [3.8, 4) is 0 Å². The van der Waals surface area contributed by atoms with Gasteiger partial charge in [-0.3, -0.25) is 9.59 Å². The first-order chi connectivity index (χ1) is 12.5. The zero-order valence-corrected chi connectivity index (χ0v) is 16.4. The lowest BCUT2D eigenvalue weighted by molar-refractivity contribution is -0.126. The Labute approximate surface area is 156 Å². The van der Waals surface area contributed by atoms with Gasteiger partial charge in [-0.1, -0.05) is 0 Å². The number of nitrogens with zero attached hydrogens (tertiary/aromatic N) is 2. The molecule has 1 aromatic carbocycles. The van der Waals surface area contributed by atoms with Crippen LogP contribution in [0.2, 0.25) is 0 Å². The molecular weight excluding hydrogens is 330 g/mol. The SMILES string of the molecule is CCN(CC)c1ccc(N2CC(C(=O)NCCCOC)CC2=O)c(C)c1. The van der Waals surface area contributed by atoms with Crippen LogP contribution >= 0.6 is 0 Å². The van der Waals surface area contributed by atoms with Crippen LogP contribution in [0.25, 0.3) is 0 Å². The van der Waals surface area contributed by atoms with Crippen molar-refractivity contribution in [3.05, 3.63) is 23.8 Å². The van der Waals surface area contributed by atoms with Gasteiger partial charge < -0.3 is 19.9 Å². The minimum atomic E-state index is -0.285. The Bertz CT molecular complexity index is 629. The lowest BCUT2D eigenvalue weighted by Gasteiger charge is -2.24. The summed E-state index contributed by atoms with van der Waals surface area (Å²) in [6, 6.07) is 6.17. The molecule has 1 unspecified atom stereocenters. The number of carbonyl (C=O) groups excluding carboxylic acids is 2. The molecule has 1 fully saturated rings. The molecule has 26 heavy (non-hydrogen) atoms. The third-order valence-electron chi connectivity index (χ3n) is 4.92. The molecule has 1 aliphatic rings. The van der Waals surface area contributed by atoms with Gasteiger partial charge >= 0.3 is 0 Å². The van der Waals surface area contributed by atoms with E-state index in [0.29, 0.717) is 19.7 Å². The maximum atomic E-state index is 12.5. The molecule has 1 N–H and O–H groups in total. The highest BCUT2D eigenvalue weighted by molar-refractivity contribution is 6.01. The predicted octanol–water partition coefficient (Wildman–Crippen LogP) is 2.35. The van der Waals surface area contributed by atoms with E-state index in [-0.39, 0.29) is 24.2 Å². The largest absolute Gasteiger partial charge is 0.385 e. The molecule has 6 heteroatoms. The van der Waals surface area contributed by atoms with E-state index in [4.69, 9.17) is 4.74 Å². The van der Waals surface area contributed by atoms with Crippen LogP contribution in [0.15, 0.2) is 18.2 Å². The van der Waals surface area contributed by atoms with E-state index in [1.165, 1.54) is 0 Å². The standard InChI is InChI=1S/C20H31N3O3/c1-5-22(6-2)17-8-9-18(15(3)12-17)23-14-16(13-19(23)24)20(25)21-10-7-11-26-4/h8-9,12,16H,5-7,10-11,13-14H2,1-4H3,(H,21,25). The van der Waals surface area contributed by atoms with E-state index in [1.807, 2.05) is 13.0 Å². The van der Waals surface area contributed by atoms with Crippen molar-refractivity contribution in [2.75, 3.05) is 49.7 Å². The Hall–Kier alpha value is -2.08. The summed E-state index contributed by atoms with van der Waals surface area (Å²) < 4.78 is 4.98. The zero-order valence-electron chi connectivity index (χ0n) is 16.4. The van der Waals surface area contributed by atoms with Gasteiger partial charge in [-0.05, 0) is 51.0 Å². The molecule has 0 spiro atoms. The second-order valence-electron chi connectivity index (χ2n) is 6.69. The number of amides is 2. The van der Waals surface area contributed by atoms with Crippen LogP contribution in [0.5, 0.6) is 0 Å². The number of aryl methyl sites for hydroxylation is 1. The Morgan fingerprint density at radius 2 is 2.08 bits per heavy atom. The van der Waals surface area contributed by atoms with E-state index in [1.54, 1.807) is 12.0 Å². The predicted molar refractivity (Wildman–Crippen MR) is 105 cm³/mol. The highest BCUT2D eigenvalue weighted by Crippen LogP contribution is 2.30. The monoisotopic (exact) mass is 361 g/mol. The Morgan fingerprint density at radius 1 is 1.35 bits per heavy atom. The Morgan fingerprint density at radius 3 is 2.69 bits per heavy atom. The van der Waals surface area contributed by atoms with Gasteiger partial charge in [0.15, 0.2) is 0 Å². The van der Waals surface area contributed by atoms with Gasteiger partial charge in [0.1, 0.15) is 0 Å². The molecule has 2 amide bonds. The summed E-state index contributed by atoms with van der Waals surface area (Å²) in [5.74, 6) is -0.318. The third kappa shape index (κ3) is 4.75. The van der Waals surface area contributed by atoms with Crippen LogP contribution in [0.4, 0.5) is 11.4 Å². The molecule has 6 nitrogen and oxygen atoms in total. The molecule has 0 radical (unpaired) electrons. The van der Waals surface area contributed by atoms with Gasteiger partial charge in [-0.15, -0.1) is 0 Å². The molecular formula is C20H31N3O3. The molecule has 1 heterocycles. The first-order valence-electron chi connectivity index (χ1n) is 9.44. The minimum Gasteiger partial charge on any atom is -0.385 e. The summed E-state index contributed by atoms with van der Waals surface area (Å²) in [7, 11) is 1.64. The first kappa shape index (κ1) is 20.2. The average Bonchev–Trinajstić information content (AvgIpc) is 3.01. The number of hydrogen-bond donors (Lipinski definition) is 1. The van der Waals surface area contributed by atoms with Crippen molar-refractivity contribution >= 4 is 23.2 Å². The first-order valence-corrected chi connectivity index (χ1v) is 9.44. The van der Waals surface area contributed by atoms with Crippen molar-refractivity contribution in [2.45, 2.75) is 33.6 Å². The van der Waals surface area contributed by atoms with Gasteiger partial charge in [0.25, 0.3) is 0 Å². The van der Waals surface area contributed by atoms with E-state index >= 15 is 0 Å². The van der Waals surface area contributed by atoms with Crippen LogP contribution < -0.4 is 15.1 Å². The van der Waals surface area contributed by atoms with Crippen LogP contribution in [0, 0.1) is 12.8 Å². The van der Waals surface area contributed by atoms with Crippen LogP contribution in [-0.2, 0) is 14.3 Å². The van der Waals surface area contributed by atoms with Gasteiger partial charge in [0.05, 0.1) is 5.92 Å². The van der Waals surface area contributed by atoms with Crippen LogP contribution in [0.1, 0.15) is 32.3 Å². The molecule has 0 bridgehead atoms. The summed E-state index contributed by atoms with van der Waals surface area (Å²) in [4.78, 5) is 28.8. The smallest absolute Gasteiger partial charge is 0.227 e. The van der Waals surface area contributed by atoms with Gasteiger partial charge in [-0.25, -0.2) is 0 Å². The van der Waals surface area contributed by atoms with E-state index in [0.717, 1.165) is 36.4 Å². The van der Waals surface area contributed by atoms with Crippen molar-refractivity contribution in [1.29, 1.82) is 0 Å². The lowest BCUT2D eigenvalue weighted by atomic mass is 10.1. The second kappa shape index (κ2) is 9.57. The maximum Gasteiger partial charge on any atom is 0.227 e. The molecule has 1 atom stereocenters. The van der Waals surface area contributed by atoms with Gasteiger partial charge in [-0.2, -0.15) is 0 Å². The van der Waals surface area contributed by atoms with Crippen molar-refractivity contribution < 1.29 is 14.3 Å². The van der Waals surface area contributed by atoms with Crippen molar-refractivity contribution in [1.82, 2.24) is 5.32 Å². The molecule has 0 aromatic heterocycles. The summed E-state index contributed by atoms with van der Waals surface area (Å²) in [6.45, 7) is 9.82. The van der Waals surface area contributed by atoms with Gasteiger partial charge in [0.2, 0.25) is 11.8 Å². The van der Waals surface area contributed by atoms with E-state index < -0.39 is 0 Å². The normalized spacial score (nSPS) is 16.8. The van der Waals surface area contributed by atoms with Crippen molar-refractivity contribution in [3.63, 3.8) is 0 Å². The topological polar surface area (TPSA) is 61.9 Å². The Kier molecular flexibility index (Phi) is 7.45. The summed E-state index contributed by atoms with van der Waals surface area (Å²) in [5, 5.41) is 2.90. The number of rotatable bonds is 9. The highest BCUT2D eigenvalue weighted by atomic mass is 16.5. The number of methoxy groups -OCH3 is 1. The summed E-state index contributed by atoms with van der Waals surface area (Å²) >= 11 is 0. The fourth-order valence-corrected chi connectivity index (χ4v) is 3.42. The molecule has 0 saturated carbocycles. The summed E-state index contributed by atoms with van der Waals surface area (Å²) in [6.07, 6.45) is 1.05. The minimum absolute atomic E-state index is 0.0146. The average molecular weight is 361 g/mol. The molecule has 1 aliphatic heterocycles. The molecule has 2 rings (SSSR count). The number of nitrogens with one attached hydrogen (secondary N) is 1. The number of carbonyl (C=O) groups is 2. The van der Waals surface area contributed by atoms with Crippen LogP contribution in [-0.4, -0.2) is 51.7 Å². The van der Waals surface area contributed by atoms with Crippen molar-refractivity contribution in [2.24, 2.45) is 5.92 Å². The summed E-state index contributed by atoms with van der Waals surface area (Å²) in [5.41, 5.74) is 3.12. The zero-order chi connectivity index (χ0) is 19.1. The van der Waals surface area contributed by atoms with E-state index in [9.17, 15) is 9.59 Å². The highest BCUT2D eigenvalue weighted by Gasteiger charge is 2.35. The number of benzene rings is 1. The van der Waals surface area contributed by atoms with Crippen LogP contribution in [0.3, 0.4) is 0 Å². The number of anilines is 2. The Balaban J connectivity index is 2.03. The quantitative estimate of drug-likeness (QED) is 0.686. The third-order valence-corrected chi connectivity index (χ3v) is 4.92. The molecule has 0 aliphatic carbocycles. The van der Waals surface area contributed by atoms with E-state index in [2.05, 4.69) is 36.2 Å². The second-order valence-corrected chi connectivity index (χ2v) is 6.69. The lowest BCUT2D eigenvalue weighted by Crippen LogP contribution is -2.34.